The highest BCUT2D eigenvalue weighted by Crippen LogP contribution is 2.26. The van der Waals surface area contributed by atoms with Gasteiger partial charge in [-0.2, -0.15) is 0 Å². The summed E-state index contributed by atoms with van der Waals surface area (Å²) in [6.45, 7) is 5.76. The minimum atomic E-state index is -0.917. The third-order valence-electron chi connectivity index (χ3n) is 4.56. The molecule has 0 saturated heterocycles. The van der Waals surface area contributed by atoms with Crippen molar-refractivity contribution < 1.29 is 19.1 Å². The highest BCUT2D eigenvalue weighted by molar-refractivity contribution is 5.97. The summed E-state index contributed by atoms with van der Waals surface area (Å²) >= 11 is 0. The molecule has 2 atom stereocenters. The number of amides is 1. The van der Waals surface area contributed by atoms with Gasteiger partial charge in [-0.05, 0) is 43.0 Å². The maximum atomic E-state index is 12.5. The minimum absolute atomic E-state index is 0.318. The summed E-state index contributed by atoms with van der Waals surface area (Å²) in [5.74, 6) is 0.00990. The van der Waals surface area contributed by atoms with Crippen LogP contribution in [-0.4, -0.2) is 25.1 Å². The molecule has 0 spiro atoms. The average molecular weight is 381 g/mol. The van der Waals surface area contributed by atoms with Crippen molar-refractivity contribution in [3.05, 3.63) is 65.7 Å². The molecule has 0 unspecified atom stereocenters. The Bertz CT molecular complexity index is 844. The van der Waals surface area contributed by atoms with E-state index >= 15 is 0 Å². The van der Waals surface area contributed by atoms with Crippen molar-refractivity contribution in [1.82, 2.24) is 0 Å². The number of hydrogen-bond donors (Lipinski definition) is 1. The highest BCUT2D eigenvalue weighted by Gasteiger charge is 2.19. The highest BCUT2D eigenvalue weighted by atomic mass is 16.5. The number of carbonyl (C=O) groups is 2. The van der Waals surface area contributed by atoms with Crippen molar-refractivity contribution in [3.63, 3.8) is 0 Å². The first-order chi connectivity index (χ1) is 13.5. The Hall–Kier alpha value is -3.08. The topological polar surface area (TPSA) is 64.6 Å². The first-order valence-corrected chi connectivity index (χ1v) is 9.37. The van der Waals surface area contributed by atoms with Gasteiger partial charge >= 0.3 is 5.97 Å². The monoisotopic (exact) mass is 381 g/mol. The smallest absolute Gasteiger partial charge is 0.331 e. The van der Waals surface area contributed by atoms with E-state index < -0.39 is 12.1 Å². The van der Waals surface area contributed by atoms with Gasteiger partial charge in [-0.25, -0.2) is 4.79 Å². The maximum absolute atomic E-state index is 12.5. The van der Waals surface area contributed by atoms with E-state index in [2.05, 4.69) is 19.2 Å². The number of nitrogens with one attached hydrogen (secondary N) is 1. The molecule has 0 aliphatic heterocycles. The number of methoxy groups -OCH3 is 1. The fourth-order valence-corrected chi connectivity index (χ4v) is 2.72. The van der Waals surface area contributed by atoms with E-state index in [1.54, 1.807) is 26.2 Å². The largest absolute Gasteiger partial charge is 0.496 e. The molecule has 0 heterocycles. The van der Waals surface area contributed by atoms with Crippen molar-refractivity contribution in [2.75, 3.05) is 12.4 Å². The van der Waals surface area contributed by atoms with Gasteiger partial charge in [0.25, 0.3) is 5.91 Å². The molecule has 0 saturated carbocycles. The zero-order chi connectivity index (χ0) is 20.5. The van der Waals surface area contributed by atoms with E-state index in [1.165, 1.54) is 6.08 Å². The van der Waals surface area contributed by atoms with Crippen molar-refractivity contribution in [2.24, 2.45) is 0 Å². The summed E-state index contributed by atoms with van der Waals surface area (Å²) < 4.78 is 10.5. The summed E-state index contributed by atoms with van der Waals surface area (Å²) in [6.07, 6.45) is 2.93. The lowest BCUT2D eigenvalue weighted by Crippen LogP contribution is -2.29. The van der Waals surface area contributed by atoms with E-state index in [9.17, 15) is 9.59 Å². The first-order valence-electron chi connectivity index (χ1n) is 9.37. The van der Waals surface area contributed by atoms with Crippen LogP contribution in [0.1, 0.15) is 44.2 Å². The minimum Gasteiger partial charge on any atom is -0.496 e. The molecule has 5 heteroatoms. The number of benzene rings is 2. The Labute approximate surface area is 166 Å². The van der Waals surface area contributed by atoms with E-state index in [0.717, 1.165) is 23.2 Å². The molecule has 0 aliphatic rings. The first kappa shape index (κ1) is 21.2. The number of hydrogen-bond acceptors (Lipinski definition) is 4. The zero-order valence-corrected chi connectivity index (χ0v) is 16.8. The third-order valence-corrected chi connectivity index (χ3v) is 4.56. The standard InChI is InChI=1S/C23H27NO4/c1-5-16(2)19-11-7-8-12-20(19)24-23(26)17(3)28-22(25)15-14-18-10-6-9-13-21(18)27-4/h6-17H,5H2,1-4H3,(H,24,26)/b15-14+/t16-,17+/m0/s1. The van der Waals surface area contributed by atoms with Crippen LogP contribution >= 0.6 is 0 Å². The summed E-state index contributed by atoms with van der Waals surface area (Å²) in [6, 6.07) is 15.0. The van der Waals surface area contributed by atoms with Crippen molar-refractivity contribution in [1.29, 1.82) is 0 Å². The summed E-state index contributed by atoms with van der Waals surface area (Å²) in [5, 5.41) is 2.86. The van der Waals surface area contributed by atoms with E-state index in [-0.39, 0.29) is 5.91 Å². The van der Waals surface area contributed by atoms with Gasteiger partial charge in [0, 0.05) is 17.3 Å². The number of carbonyl (C=O) groups excluding carboxylic acids is 2. The molecule has 2 rings (SSSR count). The lowest BCUT2D eigenvalue weighted by Gasteiger charge is -2.17. The van der Waals surface area contributed by atoms with Crippen LogP contribution in [0.15, 0.2) is 54.6 Å². The molecule has 2 aromatic carbocycles. The van der Waals surface area contributed by atoms with Crippen LogP contribution < -0.4 is 10.1 Å². The Morgan fingerprint density at radius 1 is 1.07 bits per heavy atom. The van der Waals surface area contributed by atoms with Crippen LogP contribution in [0.25, 0.3) is 6.08 Å². The molecule has 2 aromatic rings. The molecule has 1 N–H and O–H groups in total. The van der Waals surface area contributed by atoms with Gasteiger partial charge in [0.05, 0.1) is 7.11 Å². The number of esters is 1. The van der Waals surface area contributed by atoms with Gasteiger partial charge in [0.15, 0.2) is 6.10 Å². The lowest BCUT2D eigenvalue weighted by molar-refractivity contribution is -0.148. The van der Waals surface area contributed by atoms with Crippen LogP contribution in [-0.2, 0) is 14.3 Å². The molecule has 0 fully saturated rings. The van der Waals surface area contributed by atoms with Crippen molar-refractivity contribution in [3.8, 4) is 5.75 Å². The Balaban J connectivity index is 1.99. The van der Waals surface area contributed by atoms with Crippen LogP contribution in [0.4, 0.5) is 5.69 Å². The van der Waals surface area contributed by atoms with Crippen LogP contribution in [0.3, 0.4) is 0 Å². The second-order valence-electron chi connectivity index (χ2n) is 6.54. The molecule has 1 amide bonds. The van der Waals surface area contributed by atoms with Gasteiger partial charge in [-0.3, -0.25) is 4.79 Å². The van der Waals surface area contributed by atoms with E-state index in [0.29, 0.717) is 11.7 Å². The van der Waals surface area contributed by atoms with Gasteiger partial charge < -0.3 is 14.8 Å². The van der Waals surface area contributed by atoms with Crippen LogP contribution in [0.2, 0.25) is 0 Å². The van der Waals surface area contributed by atoms with Gasteiger partial charge in [0.2, 0.25) is 0 Å². The lowest BCUT2D eigenvalue weighted by atomic mass is 9.97. The molecule has 0 aliphatic carbocycles. The fraction of sp³-hybridized carbons (Fsp3) is 0.304. The maximum Gasteiger partial charge on any atom is 0.331 e. The average Bonchev–Trinajstić information content (AvgIpc) is 2.72. The predicted octanol–water partition coefficient (Wildman–Crippen LogP) is 4.79. The molecule has 0 aromatic heterocycles. The SMILES string of the molecule is CC[C@H](C)c1ccccc1NC(=O)[C@@H](C)OC(=O)/C=C/c1ccccc1OC. The van der Waals surface area contributed by atoms with Crippen molar-refractivity contribution in [2.45, 2.75) is 39.2 Å². The molecule has 148 valence electrons. The van der Waals surface area contributed by atoms with Gasteiger partial charge in [0.1, 0.15) is 5.75 Å². The molecule has 0 radical (unpaired) electrons. The van der Waals surface area contributed by atoms with Crippen molar-refractivity contribution >= 4 is 23.6 Å². The second kappa shape index (κ2) is 10.3. The molecular formula is C23H27NO4. The summed E-state index contributed by atoms with van der Waals surface area (Å²) in [5.41, 5.74) is 2.56. The second-order valence-corrected chi connectivity index (χ2v) is 6.54. The summed E-state index contributed by atoms with van der Waals surface area (Å²) in [7, 11) is 1.56. The van der Waals surface area contributed by atoms with E-state index in [1.807, 2.05) is 42.5 Å². The Morgan fingerprint density at radius 3 is 2.46 bits per heavy atom. The zero-order valence-electron chi connectivity index (χ0n) is 16.8. The fourth-order valence-electron chi connectivity index (χ4n) is 2.72. The van der Waals surface area contributed by atoms with Gasteiger partial charge in [-0.1, -0.05) is 50.2 Å². The predicted molar refractivity (Wildman–Crippen MR) is 111 cm³/mol. The van der Waals surface area contributed by atoms with Gasteiger partial charge in [-0.15, -0.1) is 0 Å². The van der Waals surface area contributed by atoms with E-state index in [4.69, 9.17) is 9.47 Å². The number of anilines is 1. The van der Waals surface area contributed by atoms with Crippen LogP contribution in [0, 0.1) is 0 Å². The van der Waals surface area contributed by atoms with Crippen LogP contribution in [0.5, 0.6) is 5.75 Å². The molecule has 0 bridgehead atoms. The molecular weight excluding hydrogens is 354 g/mol. The normalized spacial score (nSPS) is 13.0. The molecule has 5 nitrogen and oxygen atoms in total. The number of ether oxygens (including phenoxy) is 2. The third kappa shape index (κ3) is 5.71. The quantitative estimate of drug-likeness (QED) is 0.527. The summed E-state index contributed by atoms with van der Waals surface area (Å²) in [4.78, 5) is 24.5. The number of para-hydroxylation sites is 2. The Kier molecular flexibility index (Phi) is 7.81. The Morgan fingerprint density at radius 2 is 1.75 bits per heavy atom. The number of rotatable bonds is 8. The molecule has 28 heavy (non-hydrogen) atoms.